The third-order valence-corrected chi connectivity index (χ3v) is 5.62. The largest absolute Gasteiger partial charge is 0.317 e. The van der Waals surface area contributed by atoms with Gasteiger partial charge in [0.2, 0.25) is 0 Å². The maximum absolute atomic E-state index is 4.35. The Balaban J connectivity index is 1.56. The van der Waals surface area contributed by atoms with E-state index in [0.29, 0.717) is 12.0 Å². The fourth-order valence-electron chi connectivity index (χ4n) is 3.02. The molecule has 1 N–H and O–H groups in total. The van der Waals surface area contributed by atoms with Crippen LogP contribution in [0, 0.1) is 0 Å². The second-order valence-corrected chi connectivity index (χ2v) is 7.24. The summed E-state index contributed by atoms with van der Waals surface area (Å²) in [5, 5.41) is 13.2. The van der Waals surface area contributed by atoms with Crippen molar-refractivity contribution in [3.05, 3.63) is 11.6 Å². The summed E-state index contributed by atoms with van der Waals surface area (Å²) in [6, 6.07) is 0.658. The number of hydrogen-bond donors (Lipinski definition) is 1. The van der Waals surface area contributed by atoms with Crippen molar-refractivity contribution in [2.75, 3.05) is 5.75 Å². The fraction of sp³-hybridized carbons (Fsp3) is 0.857. The molecule has 2 fully saturated rings. The van der Waals surface area contributed by atoms with Crippen molar-refractivity contribution in [1.29, 1.82) is 0 Å². The Bertz CT molecular complexity index is 427. The molecule has 5 heteroatoms. The quantitative estimate of drug-likeness (QED) is 0.869. The van der Waals surface area contributed by atoms with Crippen LogP contribution in [0.15, 0.2) is 0 Å². The molecule has 0 unspecified atom stereocenters. The van der Waals surface area contributed by atoms with E-state index in [2.05, 4.69) is 45.8 Å². The third-order valence-electron chi connectivity index (χ3n) is 4.30. The lowest BCUT2D eigenvalue weighted by molar-refractivity contribution is 0.512. The van der Waals surface area contributed by atoms with Crippen LogP contribution in [-0.4, -0.2) is 31.8 Å². The van der Waals surface area contributed by atoms with Gasteiger partial charge in [-0.3, -0.25) is 0 Å². The highest BCUT2D eigenvalue weighted by atomic mass is 32.2. The molecule has 0 aliphatic heterocycles. The van der Waals surface area contributed by atoms with Crippen molar-refractivity contribution < 1.29 is 0 Å². The molecule has 19 heavy (non-hydrogen) atoms. The molecular weight excluding hydrogens is 256 g/mol. The summed E-state index contributed by atoms with van der Waals surface area (Å²) >= 11 is 2.10. The van der Waals surface area contributed by atoms with Gasteiger partial charge in [-0.2, -0.15) is 11.8 Å². The Morgan fingerprint density at radius 2 is 2.11 bits per heavy atom. The van der Waals surface area contributed by atoms with Gasteiger partial charge in [-0.15, -0.1) is 10.2 Å². The molecule has 1 aromatic heterocycles. The van der Waals surface area contributed by atoms with Crippen LogP contribution in [-0.2, 0) is 13.6 Å². The van der Waals surface area contributed by atoms with Crippen molar-refractivity contribution >= 4 is 11.8 Å². The fourth-order valence-corrected chi connectivity index (χ4v) is 4.25. The first-order chi connectivity index (χ1) is 9.29. The molecular formula is C14H24N4S. The van der Waals surface area contributed by atoms with Gasteiger partial charge in [-0.25, -0.2) is 0 Å². The van der Waals surface area contributed by atoms with Crippen molar-refractivity contribution in [3.63, 3.8) is 0 Å². The molecule has 0 amide bonds. The van der Waals surface area contributed by atoms with Gasteiger partial charge >= 0.3 is 0 Å². The minimum Gasteiger partial charge on any atom is -0.317 e. The summed E-state index contributed by atoms with van der Waals surface area (Å²) in [7, 11) is 2.11. The van der Waals surface area contributed by atoms with E-state index in [1.165, 1.54) is 43.7 Å². The summed E-state index contributed by atoms with van der Waals surface area (Å²) in [4.78, 5) is 0. The summed E-state index contributed by atoms with van der Waals surface area (Å²) in [5.41, 5.74) is 0. The monoisotopic (exact) mass is 280 g/mol. The van der Waals surface area contributed by atoms with Gasteiger partial charge in [0.05, 0.1) is 6.54 Å². The smallest absolute Gasteiger partial charge is 0.146 e. The zero-order valence-electron chi connectivity index (χ0n) is 11.9. The molecule has 4 nitrogen and oxygen atoms in total. The maximum atomic E-state index is 4.35. The predicted octanol–water partition coefficient (Wildman–Crippen LogP) is 2.46. The Hall–Kier alpha value is -0.550. The summed E-state index contributed by atoms with van der Waals surface area (Å²) < 4.78 is 2.20. The Labute approximate surface area is 119 Å². The van der Waals surface area contributed by atoms with Crippen LogP contribution in [0.1, 0.15) is 56.6 Å². The van der Waals surface area contributed by atoms with Crippen molar-refractivity contribution in [2.24, 2.45) is 7.05 Å². The first-order valence-corrected chi connectivity index (χ1v) is 8.57. The molecule has 106 valence electrons. The molecule has 3 rings (SSSR count). The van der Waals surface area contributed by atoms with Crippen molar-refractivity contribution in [1.82, 2.24) is 20.1 Å². The van der Waals surface area contributed by atoms with E-state index < -0.39 is 0 Å². The number of hydrogen-bond acceptors (Lipinski definition) is 4. The SMILES string of the molecule is CCS[C@@H]1CCC[C@@H]1NCc1nnc(C2CC2)n1C. The molecule has 2 aliphatic carbocycles. The molecule has 0 saturated heterocycles. The molecule has 2 saturated carbocycles. The van der Waals surface area contributed by atoms with E-state index in [9.17, 15) is 0 Å². The van der Waals surface area contributed by atoms with Gasteiger partial charge < -0.3 is 9.88 Å². The number of nitrogens with zero attached hydrogens (tertiary/aromatic N) is 3. The lowest BCUT2D eigenvalue weighted by atomic mass is 10.2. The van der Waals surface area contributed by atoms with E-state index in [0.717, 1.165) is 17.6 Å². The number of thioether (sulfide) groups is 1. The topological polar surface area (TPSA) is 42.7 Å². The van der Waals surface area contributed by atoms with Gasteiger partial charge in [0.25, 0.3) is 0 Å². The lowest BCUT2D eigenvalue weighted by Crippen LogP contribution is -2.34. The molecule has 1 heterocycles. The van der Waals surface area contributed by atoms with Crippen LogP contribution >= 0.6 is 11.8 Å². The minimum atomic E-state index is 0.658. The van der Waals surface area contributed by atoms with Gasteiger partial charge in [0.15, 0.2) is 0 Å². The predicted molar refractivity (Wildman–Crippen MR) is 79.4 cm³/mol. The average molecular weight is 280 g/mol. The first kappa shape index (κ1) is 13.4. The highest BCUT2D eigenvalue weighted by molar-refractivity contribution is 7.99. The lowest BCUT2D eigenvalue weighted by Gasteiger charge is -2.19. The number of aromatic nitrogens is 3. The molecule has 2 atom stereocenters. The van der Waals surface area contributed by atoms with Gasteiger partial charge in [-0.05, 0) is 31.4 Å². The first-order valence-electron chi connectivity index (χ1n) is 7.52. The number of nitrogens with one attached hydrogen (secondary N) is 1. The van der Waals surface area contributed by atoms with Crippen molar-refractivity contribution in [2.45, 2.75) is 62.8 Å². The molecule has 0 spiro atoms. The van der Waals surface area contributed by atoms with Gasteiger partial charge in [0.1, 0.15) is 11.6 Å². The van der Waals surface area contributed by atoms with Crippen LogP contribution in [0.5, 0.6) is 0 Å². The summed E-state index contributed by atoms with van der Waals surface area (Å²) in [6.07, 6.45) is 6.61. The zero-order chi connectivity index (χ0) is 13.2. The Kier molecular flexibility index (Phi) is 4.12. The average Bonchev–Trinajstić information content (AvgIpc) is 3.05. The third kappa shape index (κ3) is 2.97. The second kappa shape index (κ2) is 5.83. The maximum Gasteiger partial charge on any atom is 0.146 e. The standard InChI is InChI=1S/C14H24N4S/c1-3-19-12-6-4-5-11(12)15-9-13-16-17-14(18(13)2)10-7-8-10/h10-12,15H,3-9H2,1-2H3/t11-,12+/m0/s1. The molecule has 0 aromatic carbocycles. The van der Waals surface area contributed by atoms with Crippen molar-refractivity contribution in [3.8, 4) is 0 Å². The van der Waals surface area contributed by atoms with Crippen LogP contribution in [0.3, 0.4) is 0 Å². The Morgan fingerprint density at radius 1 is 1.26 bits per heavy atom. The van der Waals surface area contributed by atoms with E-state index in [1.54, 1.807) is 0 Å². The number of rotatable bonds is 6. The van der Waals surface area contributed by atoms with Crippen LogP contribution < -0.4 is 5.32 Å². The Morgan fingerprint density at radius 3 is 2.84 bits per heavy atom. The van der Waals surface area contributed by atoms with E-state index in [4.69, 9.17) is 0 Å². The second-order valence-electron chi connectivity index (χ2n) is 5.72. The highest BCUT2D eigenvalue weighted by Crippen LogP contribution is 2.38. The highest BCUT2D eigenvalue weighted by Gasteiger charge is 2.30. The molecule has 0 radical (unpaired) electrons. The summed E-state index contributed by atoms with van der Waals surface area (Å²) in [5.74, 6) is 4.18. The van der Waals surface area contributed by atoms with Crippen LogP contribution in [0.2, 0.25) is 0 Å². The normalized spacial score (nSPS) is 27.1. The van der Waals surface area contributed by atoms with E-state index in [1.807, 2.05) is 0 Å². The zero-order valence-corrected chi connectivity index (χ0v) is 12.7. The van der Waals surface area contributed by atoms with E-state index >= 15 is 0 Å². The van der Waals surface area contributed by atoms with Crippen LogP contribution in [0.4, 0.5) is 0 Å². The summed E-state index contributed by atoms with van der Waals surface area (Å²) in [6.45, 7) is 3.12. The van der Waals surface area contributed by atoms with E-state index in [-0.39, 0.29) is 0 Å². The molecule has 2 aliphatic rings. The molecule has 1 aromatic rings. The van der Waals surface area contributed by atoms with Gasteiger partial charge in [0, 0.05) is 24.3 Å². The molecule has 0 bridgehead atoms. The minimum absolute atomic E-state index is 0.658. The van der Waals surface area contributed by atoms with Gasteiger partial charge in [-0.1, -0.05) is 13.3 Å². The van der Waals surface area contributed by atoms with Crippen LogP contribution in [0.25, 0.3) is 0 Å².